The Morgan fingerprint density at radius 1 is 0.946 bits per heavy atom. The minimum Gasteiger partial charge on any atom is -0.351 e. The Morgan fingerprint density at radius 2 is 1.65 bits per heavy atom. The molecule has 1 amide bonds. The van der Waals surface area contributed by atoms with Crippen LogP contribution in [0.3, 0.4) is 0 Å². The van der Waals surface area contributed by atoms with Gasteiger partial charge in [0.1, 0.15) is 0 Å². The lowest BCUT2D eigenvalue weighted by Crippen LogP contribution is -2.48. The monoisotopic (exact) mass is 527 g/mol. The smallest absolute Gasteiger partial charge is 0.351 e. The van der Waals surface area contributed by atoms with Gasteiger partial charge in [0.25, 0.3) is 0 Å². The second-order valence-electron chi connectivity index (χ2n) is 10.7. The second kappa shape index (κ2) is 9.53. The summed E-state index contributed by atoms with van der Waals surface area (Å²) in [6, 6.07) is 16.4. The van der Waals surface area contributed by atoms with Gasteiger partial charge in [0.2, 0.25) is 5.91 Å². The predicted octanol–water partition coefficient (Wildman–Crippen LogP) is 7.62. The van der Waals surface area contributed by atoms with Crippen molar-refractivity contribution in [3.63, 3.8) is 0 Å². The number of benzene rings is 2. The summed E-state index contributed by atoms with van der Waals surface area (Å²) in [5, 5.41) is 4.03. The SMILES string of the molecule is CC(C)(C)NC(=O)C(C)(C)c1ccc2c(c1)cc(-c1cc(C(F)(F)F)ccc1Cl)n2Cc1ccccn1. The molecule has 37 heavy (non-hydrogen) atoms. The van der Waals surface area contributed by atoms with Crippen molar-refractivity contribution >= 4 is 28.4 Å². The van der Waals surface area contributed by atoms with E-state index >= 15 is 0 Å². The van der Waals surface area contributed by atoms with Gasteiger partial charge in [0.15, 0.2) is 0 Å². The predicted molar refractivity (Wildman–Crippen MR) is 142 cm³/mol. The highest BCUT2D eigenvalue weighted by Gasteiger charge is 2.33. The fourth-order valence-electron chi connectivity index (χ4n) is 4.23. The van der Waals surface area contributed by atoms with Gasteiger partial charge in [-0.05, 0) is 88.7 Å². The van der Waals surface area contributed by atoms with Crippen LogP contribution in [0.5, 0.6) is 0 Å². The quantitative estimate of drug-likeness (QED) is 0.290. The molecule has 0 aliphatic rings. The van der Waals surface area contributed by atoms with Crippen LogP contribution in [-0.4, -0.2) is 21.0 Å². The van der Waals surface area contributed by atoms with E-state index in [1.165, 1.54) is 6.07 Å². The molecule has 0 unspecified atom stereocenters. The van der Waals surface area contributed by atoms with E-state index in [1.807, 2.05) is 75.6 Å². The van der Waals surface area contributed by atoms with Gasteiger partial charge in [0.05, 0.1) is 28.9 Å². The molecular weight excluding hydrogens is 499 g/mol. The van der Waals surface area contributed by atoms with E-state index in [9.17, 15) is 18.0 Å². The van der Waals surface area contributed by atoms with Crippen molar-refractivity contribution in [1.29, 1.82) is 0 Å². The van der Waals surface area contributed by atoms with Crippen molar-refractivity contribution in [3.05, 3.63) is 88.7 Å². The lowest BCUT2D eigenvalue weighted by atomic mass is 9.82. The molecule has 194 valence electrons. The standard InChI is InChI=1S/C29H29ClF3N3O/c1-27(2,3)35-26(37)28(4,5)19-10-12-24-18(14-19)15-25(36(24)17-21-8-6-7-13-34-21)22-16-20(29(31,32)33)9-11-23(22)30/h6-16H,17H2,1-5H3,(H,35,37). The Morgan fingerprint density at radius 3 is 2.27 bits per heavy atom. The summed E-state index contributed by atoms with van der Waals surface area (Å²) in [6.45, 7) is 9.81. The molecule has 0 bridgehead atoms. The molecule has 0 atom stereocenters. The minimum absolute atomic E-state index is 0.117. The van der Waals surface area contributed by atoms with Crippen LogP contribution < -0.4 is 5.32 Å². The molecule has 0 spiro atoms. The lowest BCUT2D eigenvalue weighted by molar-refractivity contribution is -0.137. The number of nitrogens with zero attached hydrogens (tertiary/aromatic N) is 2. The zero-order chi connectivity index (χ0) is 27.2. The maximum Gasteiger partial charge on any atom is 0.416 e. The maximum atomic E-state index is 13.5. The molecule has 2 aromatic carbocycles. The highest BCUT2D eigenvalue weighted by Crippen LogP contribution is 2.39. The number of aromatic nitrogens is 2. The number of carbonyl (C=O) groups excluding carboxylic acids is 1. The molecule has 0 radical (unpaired) electrons. The van der Waals surface area contributed by atoms with Gasteiger partial charge < -0.3 is 9.88 Å². The van der Waals surface area contributed by atoms with Crippen LogP contribution in [0.4, 0.5) is 13.2 Å². The summed E-state index contributed by atoms with van der Waals surface area (Å²) in [7, 11) is 0. The van der Waals surface area contributed by atoms with E-state index in [0.29, 0.717) is 12.2 Å². The fourth-order valence-corrected chi connectivity index (χ4v) is 4.45. The molecule has 2 aromatic heterocycles. The molecule has 0 fully saturated rings. The largest absolute Gasteiger partial charge is 0.416 e. The van der Waals surface area contributed by atoms with Gasteiger partial charge in [-0.25, -0.2) is 0 Å². The number of pyridine rings is 1. The van der Waals surface area contributed by atoms with Crippen LogP contribution in [-0.2, 0) is 22.9 Å². The van der Waals surface area contributed by atoms with Crippen LogP contribution in [0.1, 0.15) is 51.4 Å². The van der Waals surface area contributed by atoms with Gasteiger partial charge in [-0.2, -0.15) is 13.2 Å². The second-order valence-corrected chi connectivity index (χ2v) is 11.1. The number of alkyl halides is 3. The molecule has 0 saturated carbocycles. The van der Waals surface area contributed by atoms with Crippen molar-refractivity contribution in [2.75, 3.05) is 0 Å². The lowest BCUT2D eigenvalue weighted by Gasteiger charge is -2.30. The normalized spacial score (nSPS) is 12.7. The van der Waals surface area contributed by atoms with Crippen LogP contribution >= 0.6 is 11.6 Å². The number of amides is 1. The Balaban J connectivity index is 1.90. The number of nitrogens with one attached hydrogen (secondary N) is 1. The molecule has 0 saturated heterocycles. The number of hydrogen-bond donors (Lipinski definition) is 1. The summed E-state index contributed by atoms with van der Waals surface area (Å²) < 4.78 is 42.5. The Bertz CT molecular complexity index is 1450. The zero-order valence-corrected chi connectivity index (χ0v) is 22.1. The molecule has 0 aliphatic heterocycles. The maximum absolute atomic E-state index is 13.5. The first kappa shape index (κ1) is 26.7. The Labute approximate surface area is 219 Å². The van der Waals surface area contributed by atoms with Gasteiger partial charge >= 0.3 is 6.18 Å². The van der Waals surface area contributed by atoms with Gasteiger partial charge in [-0.15, -0.1) is 0 Å². The average molecular weight is 528 g/mol. The molecule has 4 rings (SSSR count). The van der Waals surface area contributed by atoms with Crippen molar-refractivity contribution in [2.24, 2.45) is 0 Å². The average Bonchev–Trinajstić information content (AvgIpc) is 3.15. The fraction of sp³-hybridized carbons (Fsp3) is 0.310. The first-order valence-corrected chi connectivity index (χ1v) is 12.3. The van der Waals surface area contributed by atoms with Crippen LogP contribution in [0, 0.1) is 0 Å². The summed E-state index contributed by atoms with van der Waals surface area (Å²) in [5.74, 6) is -0.117. The van der Waals surface area contributed by atoms with Crippen molar-refractivity contribution in [1.82, 2.24) is 14.9 Å². The molecule has 1 N–H and O–H groups in total. The number of halogens is 4. The van der Waals surface area contributed by atoms with E-state index in [4.69, 9.17) is 11.6 Å². The minimum atomic E-state index is -4.51. The molecule has 4 nitrogen and oxygen atoms in total. The van der Waals surface area contributed by atoms with Crippen LogP contribution in [0.25, 0.3) is 22.2 Å². The van der Waals surface area contributed by atoms with Gasteiger partial charge in [0, 0.05) is 33.2 Å². The van der Waals surface area contributed by atoms with E-state index in [2.05, 4.69) is 10.3 Å². The first-order valence-electron chi connectivity index (χ1n) is 11.9. The Hall–Kier alpha value is -3.32. The number of hydrogen-bond acceptors (Lipinski definition) is 2. The molecule has 0 aliphatic carbocycles. The van der Waals surface area contributed by atoms with Gasteiger partial charge in [-0.3, -0.25) is 9.78 Å². The highest BCUT2D eigenvalue weighted by atomic mass is 35.5. The van der Waals surface area contributed by atoms with E-state index in [0.717, 1.165) is 34.3 Å². The zero-order valence-electron chi connectivity index (χ0n) is 21.4. The third kappa shape index (κ3) is 5.67. The number of fused-ring (bicyclic) bond motifs is 1. The summed E-state index contributed by atoms with van der Waals surface area (Å²) >= 11 is 6.44. The molecule has 2 heterocycles. The summed E-state index contributed by atoms with van der Waals surface area (Å²) in [4.78, 5) is 17.5. The third-order valence-corrected chi connectivity index (χ3v) is 6.62. The molecular formula is C29H29ClF3N3O. The van der Waals surface area contributed by atoms with Gasteiger partial charge in [-0.1, -0.05) is 23.7 Å². The van der Waals surface area contributed by atoms with Crippen molar-refractivity contribution in [2.45, 2.75) is 58.3 Å². The Kier molecular flexibility index (Phi) is 6.88. The third-order valence-electron chi connectivity index (χ3n) is 6.30. The number of carbonyl (C=O) groups is 1. The summed E-state index contributed by atoms with van der Waals surface area (Å²) in [6.07, 6.45) is -2.83. The van der Waals surface area contributed by atoms with Crippen LogP contribution in [0.15, 0.2) is 66.9 Å². The van der Waals surface area contributed by atoms with E-state index < -0.39 is 22.7 Å². The van der Waals surface area contributed by atoms with Crippen molar-refractivity contribution in [3.8, 4) is 11.3 Å². The van der Waals surface area contributed by atoms with E-state index in [1.54, 1.807) is 12.3 Å². The molecule has 8 heteroatoms. The van der Waals surface area contributed by atoms with Crippen molar-refractivity contribution < 1.29 is 18.0 Å². The topological polar surface area (TPSA) is 46.9 Å². The van der Waals surface area contributed by atoms with E-state index in [-0.39, 0.29) is 16.5 Å². The van der Waals surface area contributed by atoms with Crippen LogP contribution in [0.2, 0.25) is 5.02 Å². The summed E-state index contributed by atoms with van der Waals surface area (Å²) in [5.41, 5.74) is 1.14. The molecule has 4 aromatic rings. The first-order chi connectivity index (χ1) is 17.2. The highest BCUT2D eigenvalue weighted by molar-refractivity contribution is 6.33. The number of rotatable bonds is 5.